The second-order valence-electron chi connectivity index (χ2n) is 5.75. The molecule has 1 aromatic rings. The average molecular weight is 339 g/mol. The van der Waals surface area contributed by atoms with E-state index < -0.39 is 27.9 Å². The van der Waals surface area contributed by atoms with Gasteiger partial charge in [-0.25, -0.2) is 8.42 Å². The topological polar surface area (TPSA) is 101 Å². The van der Waals surface area contributed by atoms with Gasteiger partial charge in [0, 0.05) is 6.54 Å². The minimum absolute atomic E-state index is 0.342. The van der Waals surface area contributed by atoms with Gasteiger partial charge >= 0.3 is 0 Å². The van der Waals surface area contributed by atoms with Crippen LogP contribution in [0.5, 0.6) is 0 Å². The van der Waals surface area contributed by atoms with Gasteiger partial charge in [-0.15, -0.1) is 0 Å². The highest BCUT2D eigenvalue weighted by Gasteiger charge is 2.34. The number of anilines is 1. The van der Waals surface area contributed by atoms with Crippen LogP contribution < -0.4 is 10.0 Å². The summed E-state index contributed by atoms with van der Waals surface area (Å²) in [6, 6.07) is 6.21. The van der Waals surface area contributed by atoms with Gasteiger partial charge in [0.15, 0.2) is 0 Å². The molecule has 0 aromatic heterocycles. The first kappa shape index (κ1) is 17.3. The summed E-state index contributed by atoms with van der Waals surface area (Å²) in [5.74, 6) is -0.977. The van der Waals surface area contributed by atoms with E-state index in [1.54, 1.807) is 24.3 Å². The van der Waals surface area contributed by atoms with E-state index in [4.69, 9.17) is 5.73 Å². The fraction of sp³-hybridized carbons (Fsp3) is 0.467. The first-order chi connectivity index (χ1) is 10.7. The molecule has 1 heterocycles. The van der Waals surface area contributed by atoms with Crippen LogP contribution in [0.25, 0.3) is 0 Å². The number of carbonyl (C=O) groups excluding carboxylic acids is 2. The monoisotopic (exact) mass is 339 g/mol. The van der Waals surface area contributed by atoms with Gasteiger partial charge in [0.25, 0.3) is 0 Å². The molecular formula is C15H21N3O4S. The lowest BCUT2D eigenvalue weighted by molar-refractivity contribution is -0.136. The zero-order valence-corrected chi connectivity index (χ0v) is 14.0. The second-order valence-corrected chi connectivity index (χ2v) is 7.66. The molecule has 0 saturated carbocycles. The molecule has 0 bridgehead atoms. The number of nitrogens with two attached hydrogens (primary N) is 1. The van der Waals surface area contributed by atoms with E-state index in [1.807, 2.05) is 6.92 Å². The molecule has 8 heteroatoms. The van der Waals surface area contributed by atoms with Crippen LogP contribution in [0.3, 0.4) is 0 Å². The van der Waals surface area contributed by atoms with Crippen molar-refractivity contribution in [1.29, 1.82) is 0 Å². The Morgan fingerprint density at radius 3 is 2.43 bits per heavy atom. The van der Waals surface area contributed by atoms with Gasteiger partial charge in [-0.3, -0.25) is 13.9 Å². The number of sulfonamides is 1. The van der Waals surface area contributed by atoms with Crippen LogP contribution in [0, 0.1) is 6.92 Å². The summed E-state index contributed by atoms with van der Waals surface area (Å²) in [6.45, 7) is 1.96. The molecule has 23 heavy (non-hydrogen) atoms. The Morgan fingerprint density at radius 1 is 1.30 bits per heavy atom. The highest BCUT2D eigenvalue weighted by atomic mass is 32.2. The highest BCUT2D eigenvalue weighted by Crippen LogP contribution is 2.21. The quantitative estimate of drug-likeness (QED) is 0.830. The molecule has 0 unspecified atom stereocenters. The maximum atomic E-state index is 12.5. The second kappa shape index (κ2) is 6.57. The number of rotatable bonds is 5. The fourth-order valence-electron chi connectivity index (χ4n) is 2.69. The Bertz CT molecular complexity index is 700. The lowest BCUT2D eigenvalue weighted by atomic mass is 10.2. The molecule has 7 nitrogen and oxygen atoms in total. The summed E-state index contributed by atoms with van der Waals surface area (Å²) < 4.78 is 25.1. The van der Waals surface area contributed by atoms with Crippen molar-refractivity contribution in [3.8, 4) is 0 Å². The highest BCUT2D eigenvalue weighted by molar-refractivity contribution is 7.92. The summed E-state index contributed by atoms with van der Waals surface area (Å²) in [5, 5.41) is 0. The Labute approximate surface area is 136 Å². The molecule has 2 rings (SSSR count). The van der Waals surface area contributed by atoms with Crippen molar-refractivity contribution in [1.82, 2.24) is 4.90 Å². The third-order valence-corrected chi connectivity index (χ3v) is 5.04. The molecule has 0 aliphatic carbocycles. The SMILES string of the molecule is Cc1ccc(N(CC(=O)N2CCC[C@H]2C(N)=O)S(C)(=O)=O)cc1. The largest absolute Gasteiger partial charge is 0.368 e. The van der Waals surface area contributed by atoms with Crippen molar-refractivity contribution < 1.29 is 18.0 Å². The first-order valence-electron chi connectivity index (χ1n) is 7.33. The van der Waals surface area contributed by atoms with Gasteiger partial charge in [-0.1, -0.05) is 17.7 Å². The summed E-state index contributed by atoms with van der Waals surface area (Å²) in [5.41, 5.74) is 6.71. The minimum Gasteiger partial charge on any atom is -0.368 e. The van der Waals surface area contributed by atoms with Crippen LogP contribution in [0.1, 0.15) is 18.4 Å². The van der Waals surface area contributed by atoms with Gasteiger partial charge in [0.2, 0.25) is 21.8 Å². The molecule has 0 radical (unpaired) electrons. The van der Waals surface area contributed by atoms with E-state index in [0.717, 1.165) is 16.1 Å². The number of amides is 2. The average Bonchev–Trinajstić information content (AvgIpc) is 2.94. The smallest absolute Gasteiger partial charge is 0.244 e. The van der Waals surface area contributed by atoms with Crippen molar-refractivity contribution in [2.45, 2.75) is 25.8 Å². The van der Waals surface area contributed by atoms with E-state index in [1.165, 1.54) is 4.90 Å². The molecule has 1 aromatic carbocycles. The number of likely N-dealkylation sites (tertiary alicyclic amines) is 1. The lowest BCUT2D eigenvalue weighted by Crippen LogP contribution is -2.48. The summed E-state index contributed by atoms with van der Waals surface area (Å²) in [7, 11) is -3.62. The Hall–Kier alpha value is -2.09. The lowest BCUT2D eigenvalue weighted by Gasteiger charge is -2.27. The number of benzene rings is 1. The summed E-state index contributed by atoms with van der Waals surface area (Å²) >= 11 is 0. The summed E-state index contributed by atoms with van der Waals surface area (Å²) in [6.07, 6.45) is 2.25. The zero-order chi connectivity index (χ0) is 17.2. The molecule has 2 N–H and O–H groups in total. The molecule has 126 valence electrons. The van der Waals surface area contributed by atoms with Crippen molar-refractivity contribution in [3.63, 3.8) is 0 Å². The molecule has 1 fully saturated rings. The number of hydrogen-bond donors (Lipinski definition) is 1. The molecule has 1 saturated heterocycles. The van der Waals surface area contributed by atoms with Crippen molar-refractivity contribution in [3.05, 3.63) is 29.8 Å². The molecular weight excluding hydrogens is 318 g/mol. The molecule has 1 atom stereocenters. The maximum Gasteiger partial charge on any atom is 0.244 e. The van der Waals surface area contributed by atoms with Crippen molar-refractivity contribution in [2.75, 3.05) is 23.7 Å². The standard InChI is InChI=1S/C15H21N3O4S/c1-11-5-7-12(8-6-11)18(23(2,21)22)10-14(19)17-9-3-4-13(17)15(16)20/h5-8,13H,3-4,9-10H2,1-2H3,(H2,16,20)/t13-/m0/s1. The number of hydrogen-bond acceptors (Lipinski definition) is 4. The van der Waals surface area contributed by atoms with E-state index >= 15 is 0 Å². The molecule has 1 aliphatic rings. The predicted octanol–water partition coefficient (Wildman–Crippen LogP) is 0.237. The normalized spacial score (nSPS) is 18.0. The predicted molar refractivity (Wildman–Crippen MR) is 87.3 cm³/mol. The van der Waals surface area contributed by atoms with Crippen LogP contribution in [0.2, 0.25) is 0 Å². The van der Waals surface area contributed by atoms with Gasteiger partial charge in [-0.2, -0.15) is 0 Å². The van der Waals surface area contributed by atoms with Gasteiger partial charge in [0.1, 0.15) is 12.6 Å². The third-order valence-electron chi connectivity index (χ3n) is 3.90. The number of aryl methyl sites for hydroxylation is 1. The van der Waals surface area contributed by atoms with Crippen LogP contribution in [-0.4, -0.2) is 50.5 Å². The van der Waals surface area contributed by atoms with Gasteiger partial charge in [0.05, 0.1) is 11.9 Å². The van der Waals surface area contributed by atoms with Crippen LogP contribution in [0.15, 0.2) is 24.3 Å². The van der Waals surface area contributed by atoms with Crippen LogP contribution in [-0.2, 0) is 19.6 Å². The Kier molecular flexibility index (Phi) is 4.93. The van der Waals surface area contributed by atoms with Gasteiger partial charge < -0.3 is 10.6 Å². The molecule has 1 aliphatic heterocycles. The maximum absolute atomic E-state index is 12.5. The van der Waals surface area contributed by atoms with E-state index in [2.05, 4.69) is 0 Å². The van der Waals surface area contributed by atoms with E-state index in [0.29, 0.717) is 25.1 Å². The van der Waals surface area contributed by atoms with Crippen molar-refractivity contribution >= 4 is 27.5 Å². The van der Waals surface area contributed by atoms with Crippen LogP contribution >= 0.6 is 0 Å². The van der Waals surface area contributed by atoms with Crippen LogP contribution in [0.4, 0.5) is 5.69 Å². The number of primary amides is 1. The zero-order valence-electron chi connectivity index (χ0n) is 13.2. The summed E-state index contributed by atoms with van der Waals surface area (Å²) in [4.78, 5) is 25.2. The molecule has 2 amide bonds. The Morgan fingerprint density at radius 2 is 1.91 bits per heavy atom. The van der Waals surface area contributed by atoms with Crippen molar-refractivity contribution in [2.24, 2.45) is 5.73 Å². The fourth-order valence-corrected chi connectivity index (χ4v) is 3.54. The first-order valence-corrected chi connectivity index (χ1v) is 9.18. The Balaban J connectivity index is 2.23. The van der Waals surface area contributed by atoms with Gasteiger partial charge in [-0.05, 0) is 31.9 Å². The number of nitrogens with zero attached hydrogens (tertiary/aromatic N) is 2. The van der Waals surface area contributed by atoms with E-state index in [9.17, 15) is 18.0 Å². The third kappa shape index (κ3) is 4.01. The minimum atomic E-state index is -3.62. The number of carbonyl (C=O) groups is 2. The van der Waals surface area contributed by atoms with E-state index in [-0.39, 0.29) is 6.54 Å². The molecule has 0 spiro atoms.